The number of hydrogen-bond donors (Lipinski definition) is 0. The number of rotatable bonds is 7. The van der Waals surface area contributed by atoms with E-state index in [1.807, 2.05) is 42.5 Å². The van der Waals surface area contributed by atoms with Crippen LogP contribution in [-0.2, 0) is 31.3 Å². The van der Waals surface area contributed by atoms with Crippen molar-refractivity contribution < 1.29 is 24.8 Å². The summed E-state index contributed by atoms with van der Waals surface area (Å²) in [5, 5.41) is 5.15. The van der Waals surface area contributed by atoms with E-state index in [4.69, 9.17) is 12.3 Å². The molecule has 7 rings (SSSR count). The van der Waals surface area contributed by atoms with E-state index < -0.39 is 9.13 Å². The van der Waals surface area contributed by atoms with Gasteiger partial charge in [0, 0.05) is 45.9 Å². The van der Waals surface area contributed by atoms with E-state index in [1.165, 1.54) is 31.2 Å². The number of hydrogen-bond acceptors (Lipinski definition) is 2. The predicted octanol–water partition coefficient (Wildman–Crippen LogP) is 9.93. The zero-order chi connectivity index (χ0) is 32.6. The third kappa shape index (κ3) is 8.17. The maximum absolute atomic E-state index is 8.44. The van der Waals surface area contributed by atoms with Crippen molar-refractivity contribution in [2.45, 2.75) is 52.0 Å². The van der Waals surface area contributed by atoms with Crippen molar-refractivity contribution in [1.29, 1.82) is 2.56 Å². The molecular weight excluding hydrogens is 758 g/mol. The maximum Gasteiger partial charge on any atom is 0.269 e. The van der Waals surface area contributed by atoms with Gasteiger partial charge in [-0.05, 0) is 45.7 Å². The summed E-state index contributed by atoms with van der Waals surface area (Å²) in [6.45, 7) is 4.90. The summed E-state index contributed by atoms with van der Waals surface area (Å²) in [5.74, 6) is 2.18. The maximum atomic E-state index is 8.44. The minimum absolute atomic E-state index is 0. The van der Waals surface area contributed by atoms with E-state index in [0.29, 0.717) is 12.5 Å². The molecule has 5 aromatic carbocycles. The first-order valence-corrected chi connectivity index (χ1v) is 16.9. The number of nitrogens with zero attached hydrogens (tertiary/aromatic N) is 1. The first-order valence-electron chi connectivity index (χ1n) is 17.4. The Bertz CT molecular complexity index is 1800. The van der Waals surface area contributed by atoms with Crippen LogP contribution < -0.4 is 5.30 Å². The van der Waals surface area contributed by atoms with E-state index in [1.54, 1.807) is 0 Å². The second-order valence-corrected chi connectivity index (χ2v) is 12.7. The van der Waals surface area contributed by atoms with Crippen molar-refractivity contribution in [2.24, 2.45) is 16.8 Å². The Labute approximate surface area is 294 Å². The van der Waals surface area contributed by atoms with Crippen LogP contribution in [0.2, 0.25) is 0 Å². The van der Waals surface area contributed by atoms with Gasteiger partial charge in [-0.25, -0.2) is 17.8 Å². The molecule has 0 spiro atoms. The predicted molar refractivity (Wildman–Crippen MR) is 198 cm³/mol. The van der Waals surface area contributed by atoms with Crippen LogP contribution in [0.3, 0.4) is 0 Å². The smallest absolute Gasteiger partial charge is 0.269 e. The first kappa shape index (κ1) is 31.8. The Balaban J connectivity index is 0.000000296. The third-order valence-electron chi connectivity index (χ3n) is 9.16. The normalized spacial score (nSPS) is 20.3. The van der Waals surface area contributed by atoms with Crippen molar-refractivity contribution in [3.63, 3.8) is 0 Å². The van der Waals surface area contributed by atoms with Crippen LogP contribution in [0.25, 0.3) is 32.7 Å². The number of ether oxygens (including phenoxy) is 1. The summed E-state index contributed by atoms with van der Waals surface area (Å²) in [6.07, 6.45) is 15.6. The molecule has 1 heterocycles. The number of aliphatic imine (C=N–C) groups is 1. The van der Waals surface area contributed by atoms with Gasteiger partial charge in [0.2, 0.25) is 5.90 Å². The van der Waals surface area contributed by atoms with Gasteiger partial charge >= 0.3 is 0 Å². The summed E-state index contributed by atoms with van der Waals surface area (Å²) in [7, 11) is -2.22. The Morgan fingerprint density at radius 2 is 1.35 bits per heavy atom. The van der Waals surface area contributed by atoms with Gasteiger partial charge in [0.25, 0.3) is 2.56 Å². The molecule has 3 atom stereocenters. The molecule has 1 radical (unpaired) electrons. The molecule has 1 aliphatic carbocycles. The van der Waals surface area contributed by atoms with E-state index >= 15 is 0 Å². The van der Waals surface area contributed by atoms with Crippen LogP contribution in [0.1, 0.15) is 50.7 Å². The molecule has 0 amide bonds. The third-order valence-corrected chi connectivity index (χ3v) is 9.58. The van der Waals surface area contributed by atoms with Gasteiger partial charge in [-0.1, -0.05) is 91.0 Å². The van der Waals surface area contributed by atoms with Crippen LogP contribution in [0.5, 0.6) is 0 Å². The average Bonchev–Trinajstić information content (AvgIpc) is 3.56. The van der Waals surface area contributed by atoms with Gasteiger partial charge in [0.1, 0.15) is 6.61 Å². The molecule has 2 nitrogen and oxygen atoms in total. The summed E-state index contributed by atoms with van der Waals surface area (Å²) in [4.78, 5) is 5.01. The van der Waals surface area contributed by atoms with Gasteiger partial charge in [-0.2, -0.15) is 13.8 Å². The molecule has 1 aliphatic heterocycles. The standard InChI is InChI=1S/C30H24NOP.C12H20.Ir/c33-27-17-15-22-11-5-7-13-25(22)29(27)28-24-12-6-4-10-21(24)14-16-26(28)30-31-23(19-32-30)18-20-8-2-1-3-9-20;1-3-11-7-5-6-8-12(4-2)10-9-11;/h1-17,23H,18-19,33H2;3-4,7-8,11-12H,5-6,9-10H2,1-2H3;/q;-4;/p+1/t23-;;/m0../s1/i33D2;;. The molecule has 0 bridgehead atoms. The monoisotopic (exact) mass is 805 g/mol. The Morgan fingerprint density at radius 3 is 1.98 bits per heavy atom. The topological polar surface area (TPSA) is 21.6 Å². The molecule has 5 aromatic rings. The van der Waals surface area contributed by atoms with Gasteiger partial charge in [0.15, 0.2) is 0 Å². The molecule has 1 fully saturated rings. The Kier molecular flexibility index (Phi) is 11.6. The molecular formula is C42H45IrNOP-3. The number of benzene rings is 5. The molecule has 46 heavy (non-hydrogen) atoms. The summed E-state index contributed by atoms with van der Waals surface area (Å²) in [6, 6.07) is 35.2. The molecule has 241 valence electrons. The molecule has 1 saturated carbocycles. The van der Waals surface area contributed by atoms with Crippen LogP contribution in [0.4, 0.5) is 0 Å². The van der Waals surface area contributed by atoms with E-state index in [-0.39, 0.29) is 26.1 Å². The Hall–Kier alpha value is -2.83. The SMILES string of the molecule is C[CH-]C1[CH-]CC[CH-]C([CH-]C)CC1.[2H][PH+]([2H])c1ccc2ccccc2c1-c1c(C2=N[C@@H](Cc3ccccc3)CO2)ccc2ccccc12.[Ir]. The van der Waals surface area contributed by atoms with E-state index in [0.717, 1.165) is 61.8 Å². The second kappa shape index (κ2) is 16.8. The Morgan fingerprint density at radius 1 is 0.761 bits per heavy atom. The van der Waals surface area contributed by atoms with Crippen molar-refractivity contribution in [3.05, 3.63) is 140 Å². The van der Waals surface area contributed by atoms with Crippen molar-refractivity contribution in [2.75, 3.05) is 6.61 Å². The van der Waals surface area contributed by atoms with E-state index in [2.05, 4.69) is 100 Å². The first-order chi connectivity index (χ1) is 23.1. The zero-order valence-corrected chi connectivity index (χ0v) is 30.2. The summed E-state index contributed by atoms with van der Waals surface area (Å²) in [5.41, 5.74) is 4.15. The van der Waals surface area contributed by atoms with Crippen LogP contribution in [0, 0.1) is 37.5 Å². The van der Waals surface area contributed by atoms with Crippen molar-refractivity contribution in [1.82, 2.24) is 0 Å². The molecule has 2 aliphatic rings. The van der Waals surface area contributed by atoms with Crippen LogP contribution in [0.15, 0.2) is 108 Å². The van der Waals surface area contributed by atoms with Gasteiger partial charge in [-0.3, -0.25) is 11.8 Å². The minimum atomic E-state index is -2.22. The van der Waals surface area contributed by atoms with Crippen LogP contribution >= 0.6 is 9.13 Å². The summed E-state index contributed by atoms with van der Waals surface area (Å²) >= 11 is 0. The van der Waals surface area contributed by atoms with Crippen molar-refractivity contribution >= 4 is 41.9 Å². The largest absolute Gasteiger partial charge is 0.475 e. The molecule has 0 saturated heterocycles. The average molecular weight is 805 g/mol. The minimum Gasteiger partial charge on any atom is -0.475 e. The second-order valence-electron chi connectivity index (χ2n) is 12.1. The van der Waals surface area contributed by atoms with Gasteiger partial charge in [-0.15, -0.1) is 12.8 Å². The fourth-order valence-electron chi connectivity index (χ4n) is 6.66. The van der Waals surface area contributed by atoms with Gasteiger partial charge < -0.3 is 30.4 Å². The molecule has 0 aromatic heterocycles. The van der Waals surface area contributed by atoms with E-state index in [9.17, 15) is 0 Å². The van der Waals surface area contributed by atoms with Gasteiger partial charge in [0.05, 0.1) is 11.3 Å². The fraction of sp³-hybridized carbons (Fsp3) is 0.262. The van der Waals surface area contributed by atoms with Crippen molar-refractivity contribution in [3.8, 4) is 11.1 Å². The van der Waals surface area contributed by atoms with Crippen LogP contribution in [-0.4, -0.2) is 21.1 Å². The number of fused-ring (bicyclic) bond motifs is 2. The molecule has 2 unspecified atom stereocenters. The molecule has 4 heteroatoms. The molecule has 0 N–H and O–H groups in total. The quantitative estimate of drug-likeness (QED) is 0.119. The fourth-order valence-corrected chi connectivity index (χ4v) is 7.00. The summed E-state index contributed by atoms with van der Waals surface area (Å²) < 4.78 is 23.1. The zero-order valence-electron chi connectivity index (χ0n) is 28.8.